The van der Waals surface area contributed by atoms with Gasteiger partial charge in [-0.15, -0.1) is 11.8 Å². The van der Waals surface area contributed by atoms with Gasteiger partial charge in [0.2, 0.25) is 11.8 Å². The van der Waals surface area contributed by atoms with Gasteiger partial charge in [-0.2, -0.15) is 0 Å². The molecule has 0 saturated carbocycles. The van der Waals surface area contributed by atoms with Gasteiger partial charge in [0.05, 0.1) is 18.6 Å². The first-order valence-electron chi connectivity index (χ1n) is 7.86. The first-order chi connectivity index (χ1) is 11.6. The summed E-state index contributed by atoms with van der Waals surface area (Å²) in [4.78, 5) is 26.5. The molecular weight excluding hydrogens is 324 g/mol. The first-order valence-corrected chi connectivity index (χ1v) is 8.90. The molecule has 2 heterocycles. The smallest absolute Gasteiger partial charge is 0.244 e. The van der Waals surface area contributed by atoms with E-state index in [1.165, 1.54) is 6.92 Å². The molecule has 3 unspecified atom stereocenters. The van der Waals surface area contributed by atoms with E-state index in [-0.39, 0.29) is 23.2 Å². The van der Waals surface area contributed by atoms with Crippen molar-refractivity contribution in [2.75, 3.05) is 5.75 Å². The van der Waals surface area contributed by atoms with E-state index in [2.05, 4.69) is 5.32 Å². The van der Waals surface area contributed by atoms with E-state index in [1.807, 2.05) is 43.3 Å². The van der Waals surface area contributed by atoms with Gasteiger partial charge in [0.15, 0.2) is 0 Å². The number of nitrogens with zero attached hydrogens (tertiary/aromatic N) is 1. The van der Waals surface area contributed by atoms with Crippen LogP contribution in [0.4, 0.5) is 0 Å². The summed E-state index contributed by atoms with van der Waals surface area (Å²) in [5.74, 6) is 0.335. The predicted octanol–water partition coefficient (Wildman–Crippen LogP) is 3.12. The largest absolute Gasteiger partial charge is 0.472 e. The van der Waals surface area contributed by atoms with Crippen molar-refractivity contribution >= 4 is 23.6 Å². The van der Waals surface area contributed by atoms with Crippen molar-refractivity contribution in [1.29, 1.82) is 0 Å². The molecule has 5 nitrogen and oxygen atoms in total. The highest BCUT2D eigenvalue weighted by Gasteiger charge is 2.41. The second-order valence-electron chi connectivity index (χ2n) is 5.83. The lowest BCUT2D eigenvalue weighted by molar-refractivity contribution is -0.138. The molecule has 126 valence electrons. The number of rotatable bonds is 4. The lowest BCUT2D eigenvalue weighted by Gasteiger charge is -2.28. The molecule has 1 saturated heterocycles. The number of hydrogen-bond acceptors (Lipinski definition) is 4. The highest BCUT2D eigenvalue weighted by Crippen LogP contribution is 2.41. The van der Waals surface area contributed by atoms with Crippen molar-refractivity contribution in [2.45, 2.75) is 31.3 Å². The zero-order valence-electron chi connectivity index (χ0n) is 13.6. The van der Waals surface area contributed by atoms with Crippen LogP contribution in [0.3, 0.4) is 0 Å². The van der Waals surface area contributed by atoms with Crippen LogP contribution >= 0.6 is 11.8 Å². The summed E-state index contributed by atoms with van der Waals surface area (Å²) in [6.45, 7) is 3.45. The summed E-state index contributed by atoms with van der Waals surface area (Å²) in [7, 11) is 0. The van der Waals surface area contributed by atoms with Crippen LogP contribution in [0.2, 0.25) is 0 Å². The molecule has 24 heavy (non-hydrogen) atoms. The Morgan fingerprint density at radius 3 is 2.67 bits per heavy atom. The van der Waals surface area contributed by atoms with E-state index in [0.717, 1.165) is 11.1 Å². The molecule has 0 bridgehead atoms. The molecular formula is C18H20N2O3S. The van der Waals surface area contributed by atoms with Gasteiger partial charge in [-0.1, -0.05) is 30.3 Å². The van der Waals surface area contributed by atoms with E-state index >= 15 is 0 Å². The van der Waals surface area contributed by atoms with Gasteiger partial charge < -0.3 is 14.6 Å². The zero-order valence-corrected chi connectivity index (χ0v) is 14.5. The third kappa shape index (κ3) is 3.33. The first kappa shape index (κ1) is 16.6. The van der Waals surface area contributed by atoms with E-state index in [4.69, 9.17) is 4.42 Å². The van der Waals surface area contributed by atoms with Gasteiger partial charge in [-0.25, -0.2) is 0 Å². The number of hydrogen-bond donors (Lipinski definition) is 1. The molecule has 3 atom stereocenters. The average Bonchev–Trinajstić information content (AvgIpc) is 3.24. The number of benzene rings is 1. The molecule has 2 amide bonds. The van der Waals surface area contributed by atoms with Crippen LogP contribution < -0.4 is 5.32 Å². The molecule has 0 aliphatic carbocycles. The van der Waals surface area contributed by atoms with Gasteiger partial charge in [-0.3, -0.25) is 9.59 Å². The maximum atomic E-state index is 12.7. The summed E-state index contributed by atoms with van der Waals surface area (Å²) < 4.78 is 5.12. The van der Waals surface area contributed by atoms with Crippen molar-refractivity contribution in [3.63, 3.8) is 0 Å². The Morgan fingerprint density at radius 2 is 2.04 bits per heavy atom. The van der Waals surface area contributed by atoms with Crippen molar-refractivity contribution < 1.29 is 14.0 Å². The average molecular weight is 344 g/mol. The molecule has 3 rings (SSSR count). The molecule has 1 aromatic heterocycles. The van der Waals surface area contributed by atoms with E-state index in [9.17, 15) is 9.59 Å². The minimum atomic E-state index is -0.474. The Bertz CT molecular complexity index is 702. The molecule has 0 spiro atoms. The minimum absolute atomic E-state index is 0.106. The third-order valence-corrected chi connectivity index (χ3v) is 5.48. The summed E-state index contributed by atoms with van der Waals surface area (Å²) in [5.41, 5.74) is 1.94. The fourth-order valence-corrected chi connectivity index (χ4v) is 4.36. The van der Waals surface area contributed by atoms with Gasteiger partial charge in [0.1, 0.15) is 11.4 Å². The third-order valence-electron chi connectivity index (χ3n) is 4.15. The summed E-state index contributed by atoms with van der Waals surface area (Å²) >= 11 is 1.58. The predicted molar refractivity (Wildman–Crippen MR) is 93.2 cm³/mol. The Morgan fingerprint density at radius 1 is 1.29 bits per heavy atom. The van der Waals surface area contributed by atoms with Crippen LogP contribution in [0.25, 0.3) is 0 Å². The van der Waals surface area contributed by atoms with Crippen LogP contribution in [-0.4, -0.2) is 28.5 Å². The Labute approximate surface area is 145 Å². The zero-order chi connectivity index (χ0) is 17.1. The monoisotopic (exact) mass is 344 g/mol. The normalized spacial score (nSPS) is 21.5. The van der Waals surface area contributed by atoms with Crippen LogP contribution in [0, 0.1) is 0 Å². The maximum Gasteiger partial charge on any atom is 0.244 e. The standard InChI is InChI=1S/C18H20N2O3S/c1-12(14-6-4-3-5-7-14)19-17(22)16-11-24-18(20(16)13(2)21)15-8-9-23-10-15/h3-10,12,16,18H,11H2,1-2H3,(H,19,22). The molecule has 2 aromatic rings. The van der Waals surface area contributed by atoms with Crippen LogP contribution in [0.15, 0.2) is 53.3 Å². The Kier molecular flexibility index (Phi) is 4.94. The highest BCUT2D eigenvalue weighted by atomic mass is 32.2. The number of amides is 2. The fourth-order valence-electron chi connectivity index (χ4n) is 2.90. The molecule has 1 fully saturated rings. The molecule has 1 aliphatic heterocycles. The van der Waals surface area contributed by atoms with Crippen molar-refractivity contribution in [1.82, 2.24) is 10.2 Å². The fraction of sp³-hybridized carbons (Fsp3) is 0.333. The van der Waals surface area contributed by atoms with Crippen LogP contribution in [0.5, 0.6) is 0 Å². The van der Waals surface area contributed by atoms with Crippen LogP contribution in [0.1, 0.15) is 36.4 Å². The molecule has 1 aliphatic rings. The van der Waals surface area contributed by atoms with E-state index in [0.29, 0.717) is 5.75 Å². The highest BCUT2D eigenvalue weighted by molar-refractivity contribution is 7.99. The summed E-state index contributed by atoms with van der Waals surface area (Å²) in [6.07, 6.45) is 3.21. The van der Waals surface area contributed by atoms with E-state index in [1.54, 1.807) is 29.2 Å². The van der Waals surface area contributed by atoms with Crippen molar-refractivity contribution in [2.24, 2.45) is 0 Å². The number of carbonyl (C=O) groups excluding carboxylic acids is 2. The number of nitrogens with one attached hydrogen (secondary N) is 1. The minimum Gasteiger partial charge on any atom is -0.472 e. The second-order valence-corrected chi connectivity index (χ2v) is 6.94. The molecule has 1 N–H and O–H groups in total. The summed E-state index contributed by atoms with van der Waals surface area (Å²) in [6, 6.07) is 11.0. The van der Waals surface area contributed by atoms with Crippen LogP contribution in [-0.2, 0) is 9.59 Å². The molecule has 6 heteroatoms. The SMILES string of the molecule is CC(=O)N1C(C(=O)NC(C)c2ccccc2)CSC1c1ccoc1. The molecule has 1 aromatic carbocycles. The number of furan rings is 1. The van der Waals surface area contributed by atoms with Gasteiger partial charge in [0.25, 0.3) is 0 Å². The lowest BCUT2D eigenvalue weighted by Crippen LogP contribution is -2.47. The summed E-state index contributed by atoms with van der Waals surface area (Å²) in [5, 5.41) is 2.84. The Balaban J connectivity index is 1.73. The van der Waals surface area contributed by atoms with Gasteiger partial charge in [0, 0.05) is 18.2 Å². The van der Waals surface area contributed by atoms with Gasteiger partial charge in [-0.05, 0) is 18.6 Å². The van der Waals surface area contributed by atoms with E-state index < -0.39 is 6.04 Å². The number of thioether (sulfide) groups is 1. The molecule has 0 radical (unpaired) electrons. The van der Waals surface area contributed by atoms with Crippen molar-refractivity contribution in [3.05, 3.63) is 60.1 Å². The Hall–Kier alpha value is -2.21. The number of carbonyl (C=O) groups is 2. The lowest BCUT2D eigenvalue weighted by atomic mass is 10.1. The topological polar surface area (TPSA) is 62.6 Å². The quantitative estimate of drug-likeness (QED) is 0.926. The maximum absolute atomic E-state index is 12.7. The van der Waals surface area contributed by atoms with Crippen molar-refractivity contribution in [3.8, 4) is 0 Å². The van der Waals surface area contributed by atoms with Gasteiger partial charge >= 0.3 is 0 Å². The second kappa shape index (κ2) is 7.13.